The fraction of sp³-hybridized carbons (Fsp3) is 0.722. The highest BCUT2D eigenvalue weighted by molar-refractivity contribution is 5.78. The molecule has 2 fully saturated rings. The Morgan fingerprint density at radius 1 is 1.24 bits per heavy atom. The van der Waals surface area contributed by atoms with E-state index in [-0.39, 0.29) is 24.0 Å². The van der Waals surface area contributed by atoms with E-state index in [2.05, 4.69) is 20.2 Å². The van der Waals surface area contributed by atoms with Gasteiger partial charge in [-0.3, -0.25) is 4.79 Å². The van der Waals surface area contributed by atoms with Crippen molar-refractivity contribution in [3.63, 3.8) is 0 Å². The molecule has 138 valence electrons. The Morgan fingerprint density at radius 2 is 2.00 bits per heavy atom. The van der Waals surface area contributed by atoms with Crippen LogP contribution in [-0.2, 0) is 4.79 Å². The van der Waals surface area contributed by atoms with Gasteiger partial charge < -0.3 is 20.2 Å². The number of nitrogens with zero attached hydrogens (tertiary/aromatic N) is 4. The monoisotopic (exact) mass is 347 g/mol. The van der Waals surface area contributed by atoms with Gasteiger partial charge in [-0.15, -0.1) is 0 Å². The Kier molecular flexibility index (Phi) is 5.73. The van der Waals surface area contributed by atoms with E-state index in [1.54, 1.807) is 6.33 Å². The van der Waals surface area contributed by atoms with Gasteiger partial charge in [0.1, 0.15) is 18.0 Å². The highest BCUT2D eigenvalue weighted by Gasteiger charge is 2.25. The molecule has 1 aromatic rings. The largest absolute Gasteiger partial charge is 0.393 e. The molecule has 2 aliphatic rings. The van der Waals surface area contributed by atoms with Gasteiger partial charge in [0.15, 0.2) is 0 Å². The molecule has 1 amide bonds. The Bertz CT molecular complexity index is 587. The van der Waals surface area contributed by atoms with Crippen molar-refractivity contribution in [3.05, 3.63) is 12.4 Å². The summed E-state index contributed by atoms with van der Waals surface area (Å²) in [5.41, 5.74) is 0. The summed E-state index contributed by atoms with van der Waals surface area (Å²) in [6.07, 6.45) is 5.00. The molecule has 1 unspecified atom stereocenters. The SMILES string of the molecule is CC(C)C(=O)N1CCCC(Nc2cc(N3CCC(O)CC3)ncn2)C1. The molecule has 2 aliphatic heterocycles. The van der Waals surface area contributed by atoms with Crippen LogP contribution in [0, 0.1) is 5.92 Å². The first kappa shape index (κ1) is 17.9. The summed E-state index contributed by atoms with van der Waals surface area (Å²) in [6.45, 7) is 7.11. The van der Waals surface area contributed by atoms with Crippen LogP contribution in [0.2, 0.25) is 0 Å². The predicted octanol–water partition coefficient (Wildman–Crippen LogP) is 1.50. The van der Waals surface area contributed by atoms with E-state index in [1.165, 1.54) is 0 Å². The van der Waals surface area contributed by atoms with E-state index in [0.717, 1.165) is 63.5 Å². The standard InChI is InChI=1S/C18H29N5O2/c1-13(2)18(25)23-7-3-4-14(11-23)21-16-10-17(20-12-19-16)22-8-5-15(24)6-9-22/h10,12-15,24H,3-9,11H2,1-2H3,(H,19,20,21). The van der Waals surface area contributed by atoms with Gasteiger partial charge >= 0.3 is 0 Å². The van der Waals surface area contributed by atoms with Crippen LogP contribution >= 0.6 is 0 Å². The number of rotatable bonds is 4. The summed E-state index contributed by atoms with van der Waals surface area (Å²) < 4.78 is 0. The van der Waals surface area contributed by atoms with Gasteiger partial charge in [0.05, 0.1) is 6.10 Å². The number of piperidine rings is 2. The second-order valence-electron chi connectivity index (χ2n) is 7.40. The number of carbonyl (C=O) groups is 1. The van der Waals surface area contributed by atoms with Crippen molar-refractivity contribution >= 4 is 17.5 Å². The minimum absolute atomic E-state index is 0.0406. The van der Waals surface area contributed by atoms with E-state index in [1.807, 2.05) is 24.8 Å². The minimum atomic E-state index is -0.192. The van der Waals surface area contributed by atoms with Crippen LogP contribution in [-0.4, -0.2) is 64.2 Å². The lowest BCUT2D eigenvalue weighted by molar-refractivity contribution is -0.135. The normalized spacial score (nSPS) is 22.3. The van der Waals surface area contributed by atoms with Gasteiger partial charge in [-0.25, -0.2) is 9.97 Å². The predicted molar refractivity (Wildman–Crippen MR) is 97.5 cm³/mol. The lowest BCUT2D eigenvalue weighted by Gasteiger charge is -2.34. The fourth-order valence-electron chi connectivity index (χ4n) is 3.56. The van der Waals surface area contributed by atoms with Crippen LogP contribution in [0.3, 0.4) is 0 Å². The number of hydrogen-bond acceptors (Lipinski definition) is 6. The lowest BCUT2D eigenvalue weighted by atomic mass is 10.0. The maximum absolute atomic E-state index is 12.2. The van der Waals surface area contributed by atoms with Crippen LogP contribution in [0.25, 0.3) is 0 Å². The maximum atomic E-state index is 12.2. The lowest BCUT2D eigenvalue weighted by Crippen LogP contribution is -2.46. The molecule has 0 radical (unpaired) electrons. The number of nitrogens with one attached hydrogen (secondary N) is 1. The highest BCUT2D eigenvalue weighted by atomic mass is 16.3. The summed E-state index contributed by atoms with van der Waals surface area (Å²) in [4.78, 5) is 25.1. The summed E-state index contributed by atoms with van der Waals surface area (Å²) in [6, 6.07) is 2.20. The number of hydrogen-bond donors (Lipinski definition) is 2. The first-order valence-electron chi connectivity index (χ1n) is 9.33. The first-order valence-corrected chi connectivity index (χ1v) is 9.33. The summed E-state index contributed by atoms with van der Waals surface area (Å²) in [5, 5.41) is 13.1. The molecule has 0 aliphatic carbocycles. The number of aliphatic hydroxyl groups excluding tert-OH is 1. The molecule has 7 heteroatoms. The van der Waals surface area contributed by atoms with E-state index in [4.69, 9.17) is 0 Å². The zero-order chi connectivity index (χ0) is 17.8. The van der Waals surface area contributed by atoms with Crippen molar-refractivity contribution in [2.75, 3.05) is 36.4 Å². The number of aliphatic hydroxyl groups is 1. The number of anilines is 2. The topological polar surface area (TPSA) is 81.6 Å². The Hall–Kier alpha value is -1.89. The van der Waals surface area contributed by atoms with Crippen molar-refractivity contribution in [1.29, 1.82) is 0 Å². The van der Waals surface area contributed by atoms with Gasteiger partial charge in [0.2, 0.25) is 5.91 Å². The van der Waals surface area contributed by atoms with Crippen molar-refractivity contribution in [1.82, 2.24) is 14.9 Å². The van der Waals surface area contributed by atoms with Gasteiger partial charge in [-0.05, 0) is 25.7 Å². The van der Waals surface area contributed by atoms with Crippen LogP contribution in [0.15, 0.2) is 12.4 Å². The quantitative estimate of drug-likeness (QED) is 0.859. The molecule has 7 nitrogen and oxygen atoms in total. The maximum Gasteiger partial charge on any atom is 0.225 e. The minimum Gasteiger partial charge on any atom is -0.393 e. The van der Waals surface area contributed by atoms with Gasteiger partial charge in [0, 0.05) is 44.2 Å². The molecule has 0 spiro atoms. The summed E-state index contributed by atoms with van der Waals surface area (Å²) >= 11 is 0. The summed E-state index contributed by atoms with van der Waals surface area (Å²) in [7, 11) is 0. The second kappa shape index (κ2) is 7.99. The third kappa shape index (κ3) is 4.60. The number of carbonyl (C=O) groups excluding carboxylic acids is 1. The van der Waals surface area contributed by atoms with Gasteiger partial charge in [-0.1, -0.05) is 13.8 Å². The molecule has 2 N–H and O–H groups in total. The van der Waals surface area contributed by atoms with Crippen molar-refractivity contribution in [2.24, 2.45) is 5.92 Å². The Labute approximate surface area is 149 Å². The zero-order valence-corrected chi connectivity index (χ0v) is 15.2. The Balaban J connectivity index is 1.61. The molecular weight excluding hydrogens is 318 g/mol. The molecule has 0 bridgehead atoms. The van der Waals surface area contributed by atoms with Crippen molar-refractivity contribution in [3.8, 4) is 0 Å². The van der Waals surface area contributed by atoms with Crippen LogP contribution in [0.4, 0.5) is 11.6 Å². The van der Waals surface area contributed by atoms with E-state index in [9.17, 15) is 9.90 Å². The fourth-order valence-corrected chi connectivity index (χ4v) is 3.56. The summed E-state index contributed by atoms with van der Waals surface area (Å²) in [5.74, 6) is 1.97. The van der Waals surface area contributed by atoms with E-state index < -0.39 is 0 Å². The molecule has 3 rings (SSSR count). The number of amides is 1. The molecule has 1 aromatic heterocycles. The van der Waals surface area contributed by atoms with Crippen molar-refractivity contribution in [2.45, 2.75) is 51.7 Å². The molecule has 0 aromatic carbocycles. The van der Waals surface area contributed by atoms with Crippen molar-refractivity contribution < 1.29 is 9.90 Å². The average Bonchev–Trinajstić information content (AvgIpc) is 2.62. The van der Waals surface area contributed by atoms with E-state index in [0.29, 0.717) is 0 Å². The molecule has 3 heterocycles. The number of aromatic nitrogens is 2. The Morgan fingerprint density at radius 3 is 2.72 bits per heavy atom. The third-order valence-corrected chi connectivity index (χ3v) is 5.02. The van der Waals surface area contributed by atoms with Gasteiger partial charge in [-0.2, -0.15) is 0 Å². The van der Waals surface area contributed by atoms with Crippen LogP contribution in [0.1, 0.15) is 39.5 Å². The highest BCUT2D eigenvalue weighted by Crippen LogP contribution is 2.21. The average molecular weight is 347 g/mol. The third-order valence-electron chi connectivity index (χ3n) is 5.02. The smallest absolute Gasteiger partial charge is 0.225 e. The molecule has 2 saturated heterocycles. The molecular formula is C18H29N5O2. The van der Waals surface area contributed by atoms with E-state index >= 15 is 0 Å². The zero-order valence-electron chi connectivity index (χ0n) is 15.2. The molecule has 25 heavy (non-hydrogen) atoms. The van der Waals surface area contributed by atoms with Gasteiger partial charge in [0.25, 0.3) is 0 Å². The molecule has 1 atom stereocenters. The molecule has 0 saturated carbocycles. The number of likely N-dealkylation sites (tertiary alicyclic amines) is 1. The second-order valence-corrected chi connectivity index (χ2v) is 7.40. The van der Waals surface area contributed by atoms with Crippen LogP contribution < -0.4 is 10.2 Å². The van der Waals surface area contributed by atoms with Crippen LogP contribution in [0.5, 0.6) is 0 Å². The first-order chi connectivity index (χ1) is 12.0.